The molecule has 7 heteroatoms. The van der Waals surface area contributed by atoms with E-state index in [4.69, 9.17) is 0 Å². The van der Waals surface area contributed by atoms with Crippen LogP contribution in [0.3, 0.4) is 0 Å². The van der Waals surface area contributed by atoms with Gasteiger partial charge in [0.1, 0.15) is 5.25 Å². The number of hydrogen-bond acceptors (Lipinski definition) is 3. The lowest BCUT2D eigenvalue weighted by Gasteiger charge is -2.34. The fourth-order valence-electron chi connectivity index (χ4n) is 4.04. The summed E-state index contributed by atoms with van der Waals surface area (Å²) in [7, 11) is -3.91. The summed E-state index contributed by atoms with van der Waals surface area (Å²) >= 11 is 0. The van der Waals surface area contributed by atoms with E-state index in [0.29, 0.717) is 11.7 Å². The molecule has 0 heterocycles. The van der Waals surface area contributed by atoms with Crippen molar-refractivity contribution in [3.8, 4) is 0 Å². The fourth-order valence-corrected chi connectivity index (χ4v) is 5.75. The molecule has 0 aliphatic heterocycles. The SMILES string of the molecule is CCCN[C@H]1CCc2cc(NS(=O)(=O)[C@@H]3C=CC=CC3(F)C(C)C)ccc2C1.Cl. The predicted molar refractivity (Wildman–Crippen MR) is 121 cm³/mol. The zero-order valence-corrected chi connectivity index (χ0v) is 19.0. The average molecular weight is 443 g/mol. The van der Waals surface area contributed by atoms with E-state index in [1.165, 1.54) is 23.3 Å². The molecular formula is C22H32ClFN2O2S. The molecule has 0 bridgehead atoms. The van der Waals surface area contributed by atoms with Gasteiger partial charge in [-0.15, -0.1) is 12.4 Å². The van der Waals surface area contributed by atoms with Gasteiger partial charge >= 0.3 is 0 Å². The van der Waals surface area contributed by atoms with Gasteiger partial charge < -0.3 is 5.32 Å². The van der Waals surface area contributed by atoms with Gasteiger partial charge in [0.2, 0.25) is 10.0 Å². The van der Waals surface area contributed by atoms with E-state index >= 15 is 4.39 Å². The van der Waals surface area contributed by atoms with Gasteiger partial charge in [-0.1, -0.05) is 45.1 Å². The molecule has 0 fully saturated rings. The molecule has 1 unspecified atom stereocenters. The molecule has 3 atom stereocenters. The third kappa shape index (κ3) is 5.22. The molecule has 3 rings (SSSR count). The van der Waals surface area contributed by atoms with E-state index in [0.717, 1.165) is 32.2 Å². The lowest BCUT2D eigenvalue weighted by atomic mass is 9.86. The first-order chi connectivity index (χ1) is 13.3. The lowest BCUT2D eigenvalue weighted by molar-refractivity contribution is 0.164. The average Bonchev–Trinajstić information content (AvgIpc) is 2.66. The second-order valence-corrected chi connectivity index (χ2v) is 9.97. The zero-order valence-electron chi connectivity index (χ0n) is 17.3. The molecule has 0 amide bonds. The van der Waals surface area contributed by atoms with E-state index in [-0.39, 0.29) is 12.4 Å². The minimum absolute atomic E-state index is 0. The quantitative estimate of drug-likeness (QED) is 0.650. The van der Waals surface area contributed by atoms with Crippen LogP contribution in [0.5, 0.6) is 0 Å². The molecule has 0 saturated heterocycles. The number of rotatable bonds is 7. The monoisotopic (exact) mass is 442 g/mol. The van der Waals surface area contributed by atoms with Crippen LogP contribution in [0.4, 0.5) is 10.1 Å². The van der Waals surface area contributed by atoms with E-state index < -0.39 is 26.9 Å². The van der Waals surface area contributed by atoms with Gasteiger partial charge in [-0.25, -0.2) is 12.8 Å². The first-order valence-electron chi connectivity index (χ1n) is 10.2. The number of sulfonamides is 1. The van der Waals surface area contributed by atoms with Crippen molar-refractivity contribution in [3.05, 3.63) is 53.6 Å². The summed E-state index contributed by atoms with van der Waals surface area (Å²) in [6, 6.07) is 6.17. The summed E-state index contributed by atoms with van der Waals surface area (Å²) in [6.45, 7) is 6.58. The number of hydrogen-bond donors (Lipinski definition) is 2. The van der Waals surface area contributed by atoms with Crippen LogP contribution in [-0.4, -0.2) is 31.9 Å². The van der Waals surface area contributed by atoms with Crippen molar-refractivity contribution >= 4 is 28.1 Å². The summed E-state index contributed by atoms with van der Waals surface area (Å²) < 4.78 is 44.0. The molecule has 29 heavy (non-hydrogen) atoms. The zero-order chi connectivity index (χ0) is 20.4. The van der Waals surface area contributed by atoms with Crippen LogP contribution < -0.4 is 10.0 Å². The maximum absolute atomic E-state index is 15.4. The third-order valence-electron chi connectivity index (χ3n) is 5.78. The van der Waals surface area contributed by atoms with Crippen molar-refractivity contribution in [2.45, 2.75) is 63.4 Å². The molecular weight excluding hydrogens is 411 g/mol. The van der Waals surface area contributed by atoms with Crippen LogP contribution in [0.25, 0.3) is 0 Å². The molecule has 0 spiro atoms. The molecule has 0 aromatic heterocycles. The molecule has 2 N–H and O–H groups in total. The number of aryl methyl sites for hydroxylation is 1. The Morgan fingerprint density at radius 3 is 2.69 bits per heavy atom. The minimum atomic E-state index is -3.91. The largest absolute Gasteiger partial charge is 0.314 e. The third-order valence-corrected chi connectivity index (χ3v) is 7.49. The van der Waals surface area contributed by atoms with Crippen molar-refractivity contribution in [1.82, 2.24) is 5.32 Å². The highest BCUT2D eigenvalue weighted by Gasteiger charge is 2.47. The minimum Gasteiger partial charge on any atom is -0.314 e. The lowest BCUT2D eigenvalue weighted by Crippen LogP contribution is -2.47. The first kappa shape index (κ1) is 23.9. The molecule has 162 valence electrons. The van der Waals surface area contributed by atoms with Crippen molar-refractivity contribution < 1.29 is 12.8 Å². The van der Waals surface area contributed by atoms with Crippen molar-refractivity contribution in [2.75, 3.05) is 11.3 Å². The number of nitrogens with one attached hydrogen (secondary N) is 2. The highest BCUT2D eigenvalue weighted by Crippen LogP contribution is 2.36. The van der Waals surface area contributed by atoms with Crippen LogP contribution in [0.15, 0.2) is 42.5 Å². The smallest absolute Gasteiger partial charge is 0.242 e. The predicted octanol–water partition coefficient (Wildman–Crippen LogP) is 4.57. The van der Waals surface area contributed by atoms with Crippen LogP contribution in [0.2, 0.25) is 0 Å². The maximum Gasteiger partial charge on any atom is 0.242 e. The van der Waals surface area contributed by atoms with E-state index in [9.17, 15) is 8.42 Å². The van der Waals surface area contributed by atoms with Crippen molar-refractivity contribution in [3.63, 3.8) is 0 Å². The number of allylic oxidation sites excluding steroid dienone is 3. The van der Waals surface area contributed by atoms with Gasteiger partial charge in [0.15, 0.2) is 5.67 Å². The summed E-state index contributed by atoms with van der Waals surface area (Å²) in [5.74, 6) is -0.452. The Morgan fingerprint density at radius 2 is 2.00 bits per heavy atom. The Balaban J connectivity index is 0.00000300. The number of halogens is 2. The maximum atomic E-state index is 15.4. The Morgan fingerprint density at radius 1 is 1.24 bits per heavy atom. The Bertz CT molecular complexity index is 870. The molecule has 1 aromatic rings. The molecule has 0 radical (unpaired) electrons. The topological polar surface area (TPSA) is 58.2 Å². The van der Waals surface area contributed by atoms with Crippen molar-refractivity contribution in [2.24, 2.45) is 5.92 Å². The molecule has 2 aliphatic rings. The Kier molecular flexibility index (Phi) is 7.93. The molecule has 2 aliphatic carbocycles. The molecule has 4 nitrogen and oxygen atoms in total. The Labute approximate surface area is 180 Å². The summed E-state index contributed by atoms with van der Waals surface area (Å²) in [5, 5.41) is 2.31. The fraction of sp³-hybridized carbons (Fsp3) is 0.545. The first-order valence-corrected chi connectivity index (χ1v) is 11.7. The van der Waals surface area contributed by atoms with Gasteiger partial charge in [-0.05, 0) is 67.5 Å². The Hall–Kier alpha value is -1.37. The van der Waals surface area contributed by atoms with Gasteiger partial charge in [0.05, 0.1) is 0 Å². The standard InChI is InChI=1S/C22H31FN2O2S.ClH/c1-4-13-24-19-10-8-18-15-20(11-9-17(18)14-19)25-28(26,27)21-7-5-6-12-22(21,23)16(2)3;/h5-7,9,11-12,15-16,19,21,24-25H,4,8,10,13-14H2,1-3H3;1H/t19-,21+,22?;/m0./s1. The normalized spacial score (nSPS) is 26.1. The number of anilines is 1. The summed E-state index contributed by atoms with van der Waals surface area (Å²) in [6.07, 6.45) is 10.00. The van der Waals surface area contributed by atoms with Crippen LogP contribution >= 0.6 is 12.4 Å². The van der Waals surface area contributed by atoms with Gasteiger partial charge in [0, 0.05) is 11.7 Å². The van der Waals surface area contributed by atoms with Gasteiger partial charge in [-0.3, -0.25) is 4.72 Å². The van der Waals surface area contributed by atoms with Gasteiger partial charge in [0.25, 0.3) is 0 Å². The second-order valence-electron chi connectivity index (χ2n) is 8.17. The highest BCUT2D eigenvalue weighted by molar-refractivity contribution is 7.93. The summed E-state index contributed by atoms with van der Waals surface area (Å²) in [4.78, 5) is 0. The number of benzene rings is 1. The van der Waals surface area contributed by atoms with Crippen LogP contribution in [0.1, 0.15) is 44.7 Å². The van der Waals surface area contributed by atoms with Crippen molar-refractivity contribution in [1.29, 1.82) is 0 Å². The second kappa shape index (κ2) is 9.63. The highest BCUT2D eigenvalue weighted by atomic mass is 35.5. The van der Waals surface area contributed by atoms with Crippen LogP contribution in [0, 0.1) is 5.92 Å². The van der Waals surface area contributed by atoms with E-state index in [1.54, 1.807) is 32.1 Å². The number of alkyl halides is 1. The van der Waals surface area contributed by atoms with E-state index in [1.807, 2.05) is 12.1 Å². The number of fused-ring (bicyclic) bond motifs is 1. The van der Waals surface area contributed by atoms with Crippen LogP contribution in [-0.2, 0) is 22.9 Å². The molecule has 0 saturated carbocycles. The van der Waals surface area contributed by atoms with Gasteiger partial charge in [-0.2, -0.15) is 0 Å². The molecule has 1 aromatic carbocycles. The van der Waals surface area contributed by atoms with E-state index in [2.05, 4.69) is 17.0 Å². The summed E-state index contributed by atoms with van der Waals surface area (Å²) in [5.41, 5.74) is 1.01.